The SMILES string of the molecule is Cc1ccc(-c2ccc([C@@]3(CC(=O)NO)CCCCS3(=O)=O)s2)cc1. The Balaban J connectivity index is 2.05. The van der Waals surface area contributed by atoms with Gasteiger partial charge in [0, 0.05) is 9.75 Å². The molecule has 3 rings (SSSR count). The third kappa shape index (κ3) is 3.36. The Bertz CT molecular complexity index is 871. The summed E-state index contributed by atoms with van der Waals surface area (Å²) in [7, 11) is -3.48. The van der Waals surface area contributed by atoms with Crippen LogP contribution in [-0.2, 0) is 19.4 Å². The zero-order valence-electron chi connectivity index (χ0n) is 14.0. The lowest BCUT2D eigenvalue weighted by Crippen LogP contribution is -2.43. The molecule has 5 nitrogen and oxygen atoms in total. The lowest BCUT2D eigenvalue weighted by molar-refractivity contribution is -0.130. The Morgan fingerprint density at radius 1 is 1.20 bits per heavy atom. The van der Waals surface area contributed by atoms with Gasteiger partial charge in [-0.05, 0) is 37.5 Å². The van der Waals surface area contributed by atoms with Crippen LogP contribution >= 0.6 is 11.3 Å². The predicted molar refractivity (Wildman–Crippen MR) is 98.4 cm³/mol. The average molecular weight is 380 g/mol. The van der Waals surface area contributed by atoms with E-state index in [1.54, 1.807) is 5.48 Å². The van der Waals surface area contributed by atoms with Gasteiger partial charge in [-0.15, -0.1) is 11.3 Å². The van der Waals surface area contributed by atoms with Gasteiger partial charge in [0.1, 0.15) is 4.75 Å². The van der Waals surface area contributed by atoms with Crippen molar-refractivity contribution in [3.63, 3.8) is 0 Å². The summed E-state index contributed by atoms with van der Waals surface area (Å²) in [4.78, 5) is 13.5. The van der Waals surface area contributed by atoms with Gasteiger partial charge < -0.3 is 0 Å². The number of carbonyl (C=O) groups excluding carboxylic acids is 1. The molecule has 0 radical (unpaired) electrons. The molecular weight excluding hydrogens is 358 g/mol. The summed E-state index contributed by atoms with van der Waals surface area (Å²) in [5, 5.41) is 8.92. The van der Waals surface area contributed by atoms with Gasteiger partial charge in [0.05, 0.1) is 12.2 Å². The third-order valence-electron chi connectivity index (χ3n) is 4.80. The Hall–Kier alpha value is -1.70. The molecule has 0 saturated carbocycles. The van der Waals surface area contributed by atoms with Gasteiger partial charge in [0.25, 0.3) is 0 Å². The van der Waals surface area contributed by atoms with Gasteiger partial charge in [-0.25, -0.2) is 13.9 Å². The van der Waals surface area contributed by atoms with Gasteiger partial charge in [0.15, 0.2) is 9.84 Å². The molecule has 1 saturated heterocycles. The molecule has 134 valence electrons. The Morgan fingerprint density at radius 2 is 1.92 bits per heavy atom. The second-order valence-electron chi connectivity index (χ2n) is 6.51. The third-order valence-corrected chi connectivity index (χ3v) is 8.85. The number of hydrogen-bond acceptors (Lipinski definition) is 5. The van der Waals surface area contributed by atoms with E-state index in [0.717, 1.165) is 22.4 Å². The molecule has 1 atom stereocenters. The van der Waals surface area contributed by atoms with E-state index in [1.165, 1.54) is 11.3 Å². The zero-order valence-corrected chi connectivity index (χ0v) is 15.6. The highest BCUT2D eigenvalue weighted by molar-refractivity contribution is 7.92. The van der Waals surface area contributed by atoms with E-state index in [-0.39, 0.29) is 12.2 Å². The van der Waals surface area contributed by atoms with Crippen molar-refractivity contribution >= 4 is 27.1 Å². The first-order chi connectivity index (χ1) is 11.9. The smallest absolute Gasteiger partial charge is 0.245 e. The van der Waals surface area contributed by atoms with Crippen molar-refractivity contribution in [3.8, 4) is 10.4 Å². The van der Waals surface area contributed by atoms with Crippen LogP contribution in [0.3, 0.4) is 0 Å². The molecule has 0 spiro atoms. The van der Waals surface area contributed by atoms with Gasteiger partial charge in [-0.3, -0.25) is 10.0 Å². The molecule has 1 aliphatic rings. The molecule has 1 fully saturated rings. The summed E-state index contributed by atoms with van der Waals surface area (Å²) in [6, 6.07) is 11.8. The molecule has 1 aromatic heterocycles. The lowest BCUT2D eigenvalue weighted by Gasteiger charge is -2.35. The van der Waals surface area contributed by atoms with E-state index in [2.05, 4.69) is 0 Å². The van der Waals surface area contributed by atoms with E-state index in [4.69, 9.17) is 5.21 Å². The minimum atomic E-state index is -3.48. The van der Waals surface area contributed by atoms with E-state index < -0.39 is 20.5 Å². The van der Waals surface area contributed by atoms with Crippen molar-refractivity contribution in [2.75, 3.05) is 5.75 Å². The summed E-state index contributed by atoms with van der Waals surface area (Å²) in [5.74, 6) is -0.598. The van der Waals surface area contributed by atoms with Crippen LogP contribution in [0.5, 0.6) is 0 Å². The fraction of sp³-hybridized carbons (Fsp3) is 0.389. The number of benzene rings is 1. The van der Waals surface area contributed by atoms with Gasteiger partial charge in [-0.1, -0.05) is 36.2 Å². The van der Waals surface area contributed by atoms with Crippen LogP contribution < -0.4 is 5.48 Å². The maximum atomic E-state index is 12.9. The number of amides is 1. The number of carbonyl (C=O) groups is 1. The first kappa shape index (κ1) is 18.1. The standard InChI is InChI=1S/C18H21NO4S2/c1-13-4-6-14(7-5-13)15-8-9-16(24-15)18(12-17(20)19-21)10-2-3-11-25(18,22)23/h4-9,21H,2-3,10-12H2,1H3,(H,19,20)/t18-/m0/s1. The molecule has 25 heavy (non-hydrogen) atoms. The normalized spacial score (nSPS) is 22.5. The zero-order chi connectivity index (χ0) is 18.1. The van der Waals surface area contributed by atoms with Crippen molar-refractivity contribution in [2.45, 2.75) is 37.4 Å². The van der Waals surface area contributed by atoms with Gasteiger partial charge in [0.2, 0.25) is 5.91 Å². The number of hydrogen-bond donors (Lipinski definition) is 2. The van der Waals surface area contributed by atoms with Crippen molar-refractivity contribution in [3.05, 3.63) is 46.8 Å². The van der Waals surface area contributed by atoms with Gasteiger partial charge in [-0.2, -0.15) is 0 Å². The second-order valence-corrected chi connectivity index (χ2v) is 10.0. The molecule has 1 aromatic carbocycles. The number of nitrogens with one attached hydrogen (secondary N) is 1. The molecule has 0 unspecified atom stereocenters. The van der Waals surface area contributed by atoms with Gasteiger partial charge >= 0.3 is 0 Å². The first-order valence-corrected chi connectivity index (χ1v) is 10.7. The van der Waals surface area contributed by atoms with Crippen LogP contribution in [0.15, 0.2) is 36.4 Å². The van der Waals surface area contributed by atoms with Crippen LogP contribution in [0.25, 0.3) is 10.4 Å². The van der Waals surface area contributed by atoms with Crippen LogP contribution in [-0.4, -0.2) is 25.3 Å². The van der Waals surface area contributed by atoms with E-state index in [9.17, 15) is 13.2 Å². The molecule has 1 amide bonds. The maximum Gasteiger partial charge on any atom is 0.245 e. The largest absolute Gasteiger partial charge is 0.289 e. The maximum absolute atomic E-state index is 12.9. The Labute approximate surface area is 151 Å². The van der Waals surface area contributed by atoms with Crippen molar-refractivity contribution in [1.29, 1.82) is 0 Å². The highest BCUT2D eigenvalue weighted by Crippen LogP contribution is 2.47. The molecule has 2 heterocycles. The Kier molecular flexibility index (Phi) is 4.99. The van der Waals surface area contributed by atoms with Crippen LogP contribution in [0.4, 0.5) is 0 Å². The van der Waals surface area contributed by atoms with E-state index >= 15 is 0 Å². The predicted octanol–water partition coefficient (Wildman–Crippen LogP) is 3.41. The summed E-state index contributed by atoms with van der Waals surface area (Å²) in [6.45, 7) is 2.01. The van der Waals surface area contributed by atoms with Crippen molar-refractivity contribution in [1.82, 2.24) is 5.48 Å². The average Bonchev–Trinajstić information content (AvgIpc) is 3.07. The monoisotopic (exact) mass is 379 g/mol. The second kappa shape index (κ2) is 6.90. The topological polar surface area (TPSA) is 83.5 Å². The molecule has 0 bridgehead atoms. The Morgan fingerprint density at radius 3 is 2.56 bits per heavy atom. The molecular formula is C18H21NO4S2. The van der Waals surface area contributed by atoms with Crippen molar-refractivity contribution in [2.24, 2.45) is 0 Å². The number of sulfone groups is 1. The molecule has 1 aliphatic heterocycles. The number of aryl methyl sites for hydroxylation is 1. The van der Waals surface area contributed by atoms with Crippen LogP contribution in [0.1, 0.15) is 36.1 Å². The molecule has 2 aromatic rings. The summed E-state index contributed by atoms with van der Waals surface area (Å²) in [6.07, 6.45) is 1.51. The highest BCUT2D eigenvalue weighted by atomic mass is 32.2. The number of rotatable bonds is 4. The lowest BCUT2D eigenvalue weighted by atomic mass is 9.94. The molecule has 2 N–H and O–H groups in total. The van der Waals surface area contributed by atoms with E-state index in [0.29, 0.717) is 17.7 Å². The summed E-state index contributed by atoms with van der Waals surface area (Å²) < 4.78 is 24.5. The minimum absolute atomic E-state index is 0.0729. The number of hydroxylamine groups is 1. The quantitative estimate of drug-likeness (QED) is 0.630. The van der Waals surface area contributed by atoms with Crippen molar-refractivity contribution < 1.29 is 18.4 Å². The fourth-order valence-electron chi connectivity index (χ4n) is 3.37. The van der Waals surface area contributed by atoms with Crippen LogP contribution in [0.2, 0.25) is 0 Å². The van der Waals surface area contributed by atoms with E-state index in [1.807, 2.05) is 43.3 Å². The summed E-state index contributed by atoms with van der Waals surface area (Å²) >= 11 is 1.41. The summed E-state index contributed by atoms with van der Waals surface area (Å²) in [5.41, 5.74) is 3.77. The molecule has 0 aliphatic carbocycles. The number of thiophene rings is 1. The highest BCUT2D eigenvalue weighted by Gasteiger charge is 2.49. The fourth-order valence-corrected chi connectivity index (χ4v) is 7.16. The minimum Gasteiger partial charge on any atom is -0.289 e. The molecule has 7 heteroatoms. The van der Waals surface area contributed by atoms with Crippen LogP contribution in [0, 0.1) is 6.92 Å². The first-order valence-electron chi connectivity index (χ1n) is 8.20.